The van der Waals surface area contributed by atoms with Gasteiger partial charge in [-0.05, 0) is 20.8 Å². The molecule has 1 amide bonds. The van der Waals surface area contributed by atoms with Crippen molar-refractivity contribution in [3.8, 4) is 0 Å². The van der Waals surface area contributed by atoms with Gasteiger partial charge in [0.05, 0.1) is 23.7 Å². The fourth-order valence-electron chi connectivity index (χ4n) is 1.64. The smallest absolute Gasteiger partial charge is 0.411 e. The molecule has 0 atom stereocenters. The molecule has 0 saturated carbocycles. The topological polar surface area (TPSA) is 79.5 Å². The Morgan fingerprint density at radius 3 is 2.61 bits per heavy atom. The van der Waals surface area contributed by atoms with E-state index in [9.17, 15) is 14.4 Å². The highest BCUT2D eigenvalue weighted by molar-refractivity contribution is 7.11. The molecule has 1 aliphatic heterocycles. The van der Waals surface area contributed by atoms with Crippen molar-refractivity contribution in [2.75, 3.05) is 6.54 Å². The highest BCUT2D eigenvalue weighted by Crippen LogP contribution is 2.21. The van der Waals surface area contributed by atoms with Crippen LogP contribution in [0, 0.1) is 0 Å². The highest BCUT2D eigenvalue weighted by Gasteiger charge is 2.31. The molecule has 0 fully saturated rings. The van der Waals surface area contributed by atoms with Crippen LogP contribution in [0.4, 0.5) is 4.79 Å². The third-order valence-electron chi connectivity index (χ3n) is 2.31. The Balaban J connectivity index is 2.18. The average Bonchev–Trinajstić information content (AvgIpc) is 2.56. The maximum Gasteiger partial charge on any atom is 0.411 e. The number of nitrogens with zero attached hydrogens (tertiary/aromatic N) is 1. The van der Waals surface area contributed by atoms with E-state index in [0.717, 1.165) is 11.3 Å². The van der Waals surface area contributed by atoms with Crippen LogP contribution in [0.25, 0.3) is 0 Å². The van der Waals surface area contributed by atoms with Gasteiger partial charge < -0.3 is 9.72 Å². The number of fused-ring (bicyclic) bond motifs is 1. The van der Waals surface area contributed by atoms with Gasteiger partial charge in [-0.2, -0.15) is 0 Å². The first kappa shape index (κ1) is 12.8. The lowest BCUT2D eigenvalue weighted by Crippen LogP contribution is -2.42. The molecule has 2 rings (SSSR count). The van der Waals surface area contributed by atoms with Gasteiger partial charge in [0.2, 0.25) is 0 Å². The predicted molar refractivity (Wildman–Crippen MR) is 65.9 cm³/mol. The van der Waals surface area contributed by atoms with Crippen LogP contribution in [-0.4, -0.2) is 33.9 Å². The van der Waals surface area contributed by atoms with E-state index in [1.165, 1.54) is 4.90 Å². The van der Waals surface area contributed by atoms with E-state index in [1.54, 1.807) is 20.8 Å². The second kappa shape index (κ2) is 4.24. The van der Waals surface area contributed by atoms with E-state index in [4.69, 9.17) is 4.74 Å². The molecule has 0 radical (unpaired) electrons. The van der Waals surface area contributed by atoms with Crippen LogP contribution in [0.5, 0.6) is 0 Å². The fourth-order valence-corrected chi connectivity index (χ4v) is 2.42. The summed E-state index contributed by atoms with van der Waals surface area (Å²) >= 11 is 0.886. The first-order chi connectivity index (χ1) is 8.26. The number of hydrogen-bond acceptors (Lipinski definition) is 5. The number of aromatic nitrogens is 1. The number of nitrogens with one attached hydrogen (secondary N) is 1. The molecule has 0 aromatic carbocycles. The number of rotatable bonds is 0. The minimum absolute atomic E-state index is 0.0459. The van der Waals surface area contributed by atoms with Gasteiger partial charge in [-0.3, -0.25) is 14.5 Å². The average molecular weight is 270 g/mol. The Morgan fingerprint density at radius 2 is 2.00 bits per heavy atom. The SMILES string of the molecule is CC(C)(C)OC(=O)N1CC(=O)c2sc(=O)[nH]c2C1. The van der Waals surface area contributed by atoms with Crippen molar-refractivity contribution in [2.45, 2.75) is 32.9 Å². The molecule has 6 nitrogen and oxygen atoms in total. The predicted octanol–water partition coefficient (Wildman–Crippen LogP) is 1.37. The number of ketones is 1. The molecule has 1 aromatic rings. The van der Waals surface area contributed by atoms with Crippen molar-refractivity contribution in [3.63, 3.8) is 0 Å². The molecule has 0 spiro atoms. The Morgan fingerprint density at radius 1 is 1.33 bits per heavy atom. The zero-order chi connectivity index (χ0) is 13.5. The Hall–Kier alpha value is -1.63. The summed E-state index contributed by atoms with van der Waals surface area (Å²) in [7, 11) is 0. The zero-order valence-electron chi connectivity index (χ0n) is 10.4. The van der Waals surface area contributed by atoms with Gasteiger partial charge >= 0.3 is 11.0 Å². The van der Waals surface area contributed by atoms with E-state index < -0.39 is 11.7 Å². The van der Waals surface area contributed by atoms with Crippen molar-refractivity contribution >= 4 is 23.2 Å². The number of carbonyl (C=O) groups is 2. The van der Waals surface area contributed by atoms with Gasteiger partial charge in [-0.25, -0.2) is 4.79 Å². The number of carbonyl (C=O) groups excluding carboxylic acids is 2. The number of hydrogen-bond donors (Lipinski definition) is 1. The molecule has 0 saturated heterocycles. The zero-order valence-corrected chi connectivity index (χ0v) is 11.2. The first-order valence-corrected chi connectivity index (χ1v) is 6.31. The number of Topliss-reactive ketones (excluding diaryl/α,β-unsaturated/α-hetero) is 1. The van der Waals surface area contributed by atoms with Gasteiger partial charge in [0, 0.05) is 0 Å². The summed E-state index contributed by atoms with van der Waals surface area (Å²) in [5.41, 5.74) is -0.116. The van der Waals surface area contributed by atoms with Crippen LogP contribution in [0.2, 0.25) is 0 Å². The molecule has 0 bridgehead atoms. The lowest BCUT2D eigenvalue weighted by Gasteiger charge is -2.28. The third kappa shape index (κ3) is 2.61. The second-order valence-corrected chi connectivity index (χ2v) is 6.06. The van der Waals surface area contributed by atoms with E-state index in [0.29, 0.717) is 10.6 Å². The number of ether oxygens (including phenoxy) is 1. The molecule has 0 aliphatic carbocycles. The van der Waals surface area contributed by atoms with Gasteiger partial charge in [0.1, 0.15) is 5.60 Å². The third-order valence-corrected chi connectivity index (χ3v) is 3.28. The largest absolute Gasteiger partial charge is 0.444 e. The Bertz CT molecular complexity index is 552. The number of H-pyrrole nitrogens is 1. The van der Waals surface area contributed by atoms with E-state index in [-0.39, 0.29) is 23.7 Å². The highest BCUT2D eigenvalue weighted by atomic mass is 32.1. The second-order valence-electron chi connectivity index (χ2n) is 5.08. The summed E-state index contributed by atoms with van der Waals surface area (Å²) in [6.45, 7) is 5.43. The molecule has 2 heterocycles. The van der Waals surface area contributed by atoms with Crippen molar-refractivity contribution in [1.82, 2.24) is 9.88 Å². The Kier molecular flexibility index (Phi) is 3.02. The molecule has 0 unspecified atom stereocenters. The first-order valence-electron chi connectivity index (χ1n) is 5.49. The number of amides is 1. The lowest BCUT2D eigenvalue weighted by atomic mass is 10.1. The minimum atomic E-state index is -0.609. The van der Waals surface area contributed by atoms with Crippen molar-refractivity contribution in [2.24, 2.45) is 0 Å². The van der Waals surface area contributed by atoms with Gasteiger partial charge in [0.25, 0.3) is 0 Å². The van der Waals surface area contributed by atoms with Gasteiger partial charge in [-0.15, -0.1) is 0 Å². The molecular weight excluding hydrogens is 256 g/mol. The van der Waals surface area contributed by atoms with Crippen LogP contribution in [0.15, 0.2) is 4.79 Å². The van der Waals surface area contributed by atoms with Crippen LogP contribution in [-0.2, 0) is 11.3 Å². The maximum absolute atomic E-state index is 11.8. The van der Waals surface area contributed by atoms with E-state index in [2.05, 4.69) is 4.98 Å². The molecular formula is C11H14N2O4S. The summed E-state index contributed by atoms with van der Waals surface area (Å²) < 4.78 is 5.19. The van der Waals surface area contributed by atoms with Crippen molar-refractivity contribution in [1.29, 1.82) is 0 Å². The monoisotopic (exact) mass is 270 g/mol. The summed E-state index contributed by atoms with van der Waals surface area (Å²) in [6.07, 6.45) is -0.548. The summed E-state index contributed by atoms with van der Waals surface area (Å²) in [4.78, 5) is 38.8. The maximum atomic E-state index is 11.8. The minimum Gasteiger partial charge on any atom is -0.444 e. The van der Waals surface area contributed by atoms with Crippen LogP contribution in [0.1, 0.15) is 36.1 Å². The summed E-state index contributed by atoms with van der Waals surface area (Å²) in [5.74, 6) is -0.231. The van der Waals surface area contributed by atoms with Gasteiger partial charge in [0.15, 0.2) is 5.78 Å². The number of thiazole rings is 1. The fraction of sp³-hybridized carbons (Fsp3) is 0.545. The van der Waals surface area contributed by atoms with Crippen molar-refractivity contribution < 1.29 is 14.3 Å². The molecule has 1 N–H and O–H groups in total. The molecule has 7 heteroatoms. The van der Waals surface area contributed by atoms with Crippen LogP contribution >= 0.6 is 11.3 Å². The molecule has 18 heavy (non-hydrogen) atoms. The quantitative estimate of drug-likeness (QED) is 0.772. The van der Waals surface area contributed by atoms with Crippen LogP contribution < -0.4 is 4.87 Å². The molecule has 1 aliphatic rings. The number of aromatic amines is 1. The van der Waals surface area contributed by atoms with Crippen molar-refractivity contribution in [3.05, 3.63) is 20.2 Å². The van der Waals surface area contributed by atoms with Gasteiger partial charge in [-0.1, -0.05) is 11.3 Å². The normalized spacial score (nSPS) is 15.5. The standard InChI is InChI=1S/C11H14N2O4S/c1-11(2,3)17-10(16)13-4-6-8(7(14)5-13)18-9(15)12-6/h4-5H2,1-3H3,(H,12,15). The van der Waals surface area contributed by atoms with E-state index >= 15 is 0 Å². The van der Waals surface area contributed by atoms with Crippen LogP contribution in [0.3, 0.4) is 0 Å². The lowest BCUT2D eigenvalue weighted by molar-refractivity contribution is 0.0219. The van der Waals surface area contributed by atoms with E-state index in [1.807, 2.05) is 0 Å². The summed E-state index contributed by atoms with van der Waals surface area (Å²) in [6, 6.07) is 0. The molecule has 98 valence electrons. The summed E-state index contributed by atoms with van der Waals surface area (Å²) in [5, 5.41) is 0. The molecule has 1 aromatic heterocycles. The Labute approximate surface area is 108 Å².